The first-order chi connectivity index (χ1) is 9.82. The second-order valence-electron chi connectivity index (χ2n) is 5.55. The van der Waals surface area contributed by atoms with Crippen LogP contribution in [-0.4, -0.2) is 50.8 Å². The number of rotatable bonds is 3. The van der Waals surface area contributed by atoms with Crippen molar-refractivity contribution in [1.82, 2.24) is 9.21 Å². The molecule has 0 saturated carbocycles. The smallest absolute Gasteiger partial charge is 0.246 e. The van der Waals surface area contributed by atoms with E-state index in [2.05, 4.69) is 0 Å². The van der Waals surface area contributed by atoms with Crippen LogP contribution in [0, 0.1) is 11.6 Å². The Labute approximate surface area is 124 Å². The van der Waals surface area contributed by atoms with Gasteiger partial charge in [-0.15, -0.1) is 0 Å². The maximum absolute atomic E-state index is 13.8. The zero-order valence-electron chi connectivity index (χ0n) is 12.2. The lowest BCUT2D eigenvalue weighted by Gasteiger charge is -2.28. The molecule has 0 unspecified atom stereocenters. The van der Waals surface area contributed by atoms with Crippen molar-refractivity contribution in [3.05, 3.63) is 29.8 Å². The van der Waals surface area contributed by atoms with Crippen LogP contribution in [0.15, 0.2) is 23.1 Å². The molecule has 1 fully saturated rings. The third-order valence-electron chi connectivity index (χ3n) is 3.85. The highest BCUT2D eigenvalue weighted by atomic mass is 32.2. The lowest BCUT2D eigenvalue weighted by molar-refractivity contribution is 0.248. The fraction of sp³-hybridized carbons (Fsp3) is 0.571. The molecule has 0 bridgehead atoms. The van der Waals surface area contributed by atoms with Crippen LogP contribution < -0.4 is 0 Å². The highest BCUT2D eigenvalue weighted by molar-refractivity contribution is 7.89. The Morgan fingerprint density at radius 1 is 1.24 bits per heavy atom. The number of hydrogen-bond donors (Lipinski definition) is 0. The minimum Gasteiger partial charge on any atom is -0.305 e. The molecule has 1 aliphatic rings. The Hall–Kier alpha value is -1.05. The topological polar surface area (TPSA) is 40.6 Å². The summed E-state index contributed by atoms with van der Waals surface area (Å²) >= 11 is 0. The summed E-state index contributed by atoms with van der Waals surface area (Å²) in [6.07, 6.45) is 2.53. The van der Waals surface area contributed by atoms with Crippen molar-refractivity contribution in [1.29, 1.82) is 0 Å². The van der Waals surface area contributed by atoms with E-state index < -0.39 is 26.6 Å². The average Bonchev–Trinajstić information content (AvgIpc) is 2.67. The molecule has 0 amide bonds. The van der Waals surface area contributed by atoms with E-state index in [1.807, 2.05) is 19.0 Å². The Balaban J connectivity index is 2.35. The number of likely N-dealkylation sites (N-methyl/N-ethyl adjacent to an activating group) is 1. The zero-order chi connectivity index (χ0) is 15.6. The van der Waals surface area contributed by atoms with Crippen LogP contribution >= 0.6 is 0 Å². The minimum absolute atomic E-state index is 0.0823. The minimum atomic E-state index is -4.01. The van der Waals surface area contributed by atoms with E-state index in [4.69, 9.17) is 0 Å². The number of sulfonamides is 1. The number of halogens is 2. The van der Waals surface area contributed by atoms with Crippen molar-refractivity contribution in [2.24, 2.45) is 0 Å². The molecule has 1 aliphatic heterocycles. The summed E-state index contributed by atoms with van der Waals surface area (Å²) in [5, 5.41) is 0. The molecule has 7 heteroatoms. The predicted octanol–water partition coefficient (Wildman–Crippen LogP) is 2.07. The second kappa shape index (κ2) is 6.37. The van der Waals surface area contributed by atoms with Crippen molar-refractivity contribution in [3.8, 4) is 0 Å². The lowest BCUT2D eigenvalue weighted by atomic mass is 10.1. The molecule has 0 spiro atoms. The van der Waals surface area contributed by atoms with Gasteiger partial charge in [-0.05, 0) is 45.1 Å². The van der Waals surface area contributed by atoms with Gasteiger partial charge >= 0.3 is 0 Å². The summed E-state index contributed by atoms with van der Waals surface area (Å²) in [5.74, 6) is -1.67. The van der Waals surface area contributed by atoms with Gasteiger partial charge in [0.15, 0.2) is 0 Å². The van der Waals surface area contributed by atoms with Crippen molar-refractivity contribution in [2.45, 2.75) is 30.2 Å². The molecule has 0 aliphatic carbocycles. The van der Waals surface area contributed by atoms with E-state index in [-0.39, 0.29) is 6.04 Å². The van der Waals surface area contributed by atoms with Gasteiger partial charge in [-0.1, -0.05) is 6.42 Å². The first kappa shape index (κ1) is 16.3. The van der Waals surface area contributed by atoms with Crippen LogP contribution in [-0.2, 0) is 10.0 Å². The molecule has 2 rings (SSSR count). The van der Waals surface area contributed by atoms with E-state index >= 15 is 0 Å². The molecule has 0 aromatic heterocycles. The van der Waals surface area contributed by atoms with E-state index in [1.54, 1.807) is 0 Å². The maximum Gasteiger partial charge on any atom is 0.246 e. The molecule has 0 N–H and O–H groups in total. The fourth-order valence-corrected chi connectivity index (χ4v) is 4.13. The molecule has 1 heterocycles. The lowest BCUT2D eigenvalue weighted by Crippen LogP contribution is -2.42. The molecule has 4 nitrogen and oxygen atoms in total. The van der Waals surface area contributed by atoms with Gasteiger partial charge in [0, 0.05) is 19.1 Å². The first-order valence-electron chi connectivity index (χ1n) is 6.94. The Bertz CT molecular complexity index is 605. The highest BCUT2D eigenvalue weighted by Gasteiger charge is 2.31. The molecule has 0 radical (unpaired) electrons. The Kier molecular flexibility index (Phi) is 4.95. The van der Waals surface area contributed by atoms with Gasteiger partial charge < -0.3 is 4.90 Å². The van der Waals surface area contributed by atoms with Gasteiger partial charge in [0.2, 0.25) is 10.0 Å². The van der Waals surface area contributed by atoms with Crippen molar-refractivity contribution in [3.63, 3.8) is 0 Å². The molecular weight excluding hydrogens is 298 g/mol. The molecule has 118 valence electrons. The Morgan fingerprint density at radius 2 is 1.95 bits per heavy atom. The van der Waals surface area contributed by atoms with E-state index in [1.165, 1.54) is 4.31 Å². The molecule has 1 saturated heterocycles. The zero-order valence-corrected chi connectivity index (χ0v) is 13.0. The molecule has 1 atom stereocenters. The number of hydrogen-bond acceptors (Lipinski definition) is 3. The van der Waals surface area contributed by atoms with Crippen LogP contribution in [0.2, 0.25) is 0 Å². The van der Waals surface area contributed by atoms with Gasteiger partial charge in [0.25, 0.3) is 0 Å². The van der Waals surface area contributed by atoms with Crippen molar-refractivity contribution in [2.75, 3.05) is 27.2 Å². The number of benzene rings is 1. The predicted molar refractivity (Wildman–Crippen MR) is 76.4 cm³/mol. The van der Waals surface area contributed by atoms with Crippen LogP contribution in [0.5, 0.6) is 0 Å². The third-order valence-corrected chi connectivity index (χ3v) is 5.73. The molecule has 1 aromatic carbocycles. The van der Waals surface area contributed by atoms with Crippen LogP contribution in [0.1, 0.15) is 19.3 Å². The van der Waals surface area contributed by atoms with Gasteiger partial charge in [-0.25, -0.2) is 17.2 Å². The summed E-state index contributed by atoms with van der Waals surface area (Å²) in [6.45, 7) is 0.633. The largest absolute Gasteiger partial charge is 0.305 e. The van der Waals surface area contributed by atoms with Gasteiger partial charge in [0.1, 0.15) is 16.5 Å². The van der Waals surface area contributed by atoms with E-state index in [0.717, 1.165) is 37.5 Å². The normalized spacial score (nSPS) is 21.5. The highest BCUT2D eigenvalue weighted by Crippen LogP contribution is 2.24. The number of nitrogens with zero attached hydrogens (tertiary/aromatic N) is 2. The molecular formula is C14H20F2N2O2S. The summed E-state index contributed by atoms with van der Waals surface area (Å²) in [7, 11) is -0.228. The van der Waals surface area contributed by atoms with Gasteiger partial charge in [-0.2, -0.15) is 4.31 Å². The van der Waals surface area contributed by atoms with Crippen molar-refractivity contribution < 1.29 is 17.2 Å². The second-order valence-corrected chi connectivity index (χ2v) is 7.46. The fourth-order valence-electron chi connectivity index (χ4n) is 2.54. The van der Waals surface area contributed by atoms with E-state index in [9.17, 15) is 17.2 Å². The van der Waals surface area contributed by atoms with Crippen molar-refractivity contribution >= 4 is 10.0 Å². The maximum atomic E-state index is 13.8. The standard InChI is InChI=1S/C14H20F2N2O2S/c1-17(2)12-5-3-4-8-18(10-12)21(19,20)14-9-11(15)6-7-13(14)16/h6-7,9,12H,3-5,8,10H2,1-2H3/t12-/m0/s1. The van der Waals surface area contributed by atoms with E-state index in [0.29, 0.717) is 13.1 Å². The Morgan fingerprint density at radius 3 is 2.62 bits per heavy atom. The van der Waals surface area contributed by atoms with Crippen LogP contribution in [0.25, 0.3) is 0 Å². The SMILES string of the molecule is CN(C)[C@H]1CCCCN(S(=O)(=O)c2cc(F)ccc2F)C1. The quantitative estimate of drug-likeness (QED) is 0.857. The first-order valence-corrected chi connectivity index (χ1v) is 8.38. The monoisotopic (exact) mass is 318 g/mol. The third kappa shape index (κ3) is 3.59. The van der Waals surface area contributed by atoms with Crippen LogP contribution in [0.3, 0.4) is 0 Å². The molecule has 1 aromatic rings. The summed E-state index contributed by atoms with van der Waals surface area (Å²) < 4.78 is 53.5. The van der Waals surface area contributed by atoms with Gasteiger partial charge in [0.05, 0.1) is 0 Å². The summed E-state index contributed by atoms with van der Waals surface area (Å²) in [6, 6.07) is 2.60. The summed E-state index contributed by atoms with van der Waals surface area (Å²) in [4.78, 5) is 1.39. The summed E-state index contributed by atoms with van der Waals surface area (Å²) in [5.41, 5.74) is 0. The van der Waals surface area contributed by atoms with Crippen LogP contribution in [0.4, 0.5) is 8.78 Å². The van der Waals surface area contributed by atoms with Gasteiger partial charge in [-0.3, -0.25) is 0 Å². The molecule has 21 heavy (non-hydrogen) atoms. The average molecular weight is 318 g/mol.